The SMILES string of the molecule is CS(=O)(=O)NC1CCCN2C(=O)/C=C\CCOc3ccccc3C3CCC(CC3)OC[C@@H]12. The summed E-state index contributed by atoms with van der Waals surface area (Å²) in [5.41, 5.74) is 1.26. The third-order valence-corrected chi connectivity index (χ3v) is 7.50. The highest BCUT2D eigenvalue weighted by molar-refractivity contribution is 7.88. The van der Waals surface area contributed by atoms with Crippen LogP contribution in [0.2, 0.25) is 0 Å². The number of benzene rings is 1. The van der Waals surface area contributed by atoms with E-state index in [1.165, 1.54) is 11.8 Å². The Hall–Kier alpha value is -1.90. The number of fused-ring (bicyclic) bond motifs is 7. The largest absolute Gasteiger partial charge is 0.493 e. The van der Waals surface area contributed by atoms with Crippen LogP contribution in [0.4, 0.5) is 0 Å². The van der Waals surface area contributed by atoms with Gasteiger partial charge in [0.05, 0.1) is 31.6 Å². The fraction of sp³-hybridized carbons (Fsp3) is 0.625. The van der Waals surface area contributed by atoms with Gasteiger partial charge in [0.15, 0.2) is 0 Å². The molecule has 3 aliphatic heterocycles. The first-order valence-electron chi connectivity index (χ1n) is 11.7. The molecular formula is C24H34N2O5S. The van der Waals surface area contributed by atoms with Crippen LogP contribution >= 0.6 is 0 Å². The molecule has 1 saturated heterocycles. The summed E-state index contributed by atoms with van der Waals surface area (Å²) in [6.45, 7) is 1.47. The molecule has 1 unspecified atom stereocenters. The van der Waals surface area contributed by atoms with Gasteiger partial charge < -0.3 is 14.4 Å². The van der Waals surface area contributed by atoms with E-state index in [4.69, 9.17) is 9.47 Å². The summed E-state index contributed by atoms with van der Waals surface area (Å²) in [4.78, 5) is 14.7. The summed E-state index contributed by atoms with van der Waals surface area (Å²) in [6.07, 6.45) is 10.8. The Balaban J connectivity index is 1.55. The second-order valence-corrected chi connectivity index (χ2v) is 10.9. The van der Waals surface area contributed by atoms with Gasteiger partial charge in [-0.1, -0.05) is 24.3 Å². The van der Waals surface area contributed by atoms with Crippen molar-refractivity contribution in [2.45, 2.75) is 69.1 Å². The molecule has 2 atom stereocenters. The van der Waals surface area contributed by atoms with Crippen molar-refractivity contribution in [1.82, 2.24) is 9.62 Å². The molecule has 5 rings (SSSR count). The Bertz CT molecular complexity index is 924. The second kappa shape index (κ2) is 10.4. The number of hydrogen-bond acceptors (Lipinski definition) is 5. The number of para-hydroxylation sites is 1. The molecule has 1 aromatic rings. The van der Waals surface area contributed by atoms with Crippen molar-refractivity contribution in [2.24, 2.45) is 0 Å². The zero-order valence-corrected chi connectivity index (χ0v) is 19.6. The number of nitrogens with zero attached hydrogens (tertiary/aromatic N) is 1. The van der Waals surface area contributed by atoms with E-state index in [-0.39, 0.29) is 24.1 Å². The first-order chi connectivity index (χ1) is 15.4. The third kappa shape index (κ3) is 5.91. The zero-order chi connectivity index (χ0) is 22.6. The first kappa shape index (κ1) is 23.3. The molecule has 2 bridgehead atoms. The van der Waals surface area contributed by atoms with Crippen molar-refractivity contribution in [3.8, 4) is 5.75 Å². The molecule has 1 aliphatic carbocycles. The number of sulfonamides is 1. The van der Waals surface area contributed by atoms with Gasteiger partial charge in [-0.05, 0) is 68.6 Å². The van der Waals surface area contributed by atoms with Gasteiger partial charge in [0.2, 0.25) is 15.9 Å². The molecule has 1 saturated carbocycles. The van der Waals surface area contributed by atoms with Crippen LogP contribution in [0.25, 0.3) is 0 Å². The molecule has 0 aromatic heterocycles. The molecule has 176 valence electrons. The van der Waals surface area contributed by atoms with Gasteiger partial charge in [-0.15, -0.1) is 0 Å². The Kier molecular flexibility index (Phi) is 7.53. The van der Waals surface area contributed by atoms with Gasteiger partial charge >= 0.3 is 0 Å². The van der Waals surface area contributed by atoms with Crippen LogP contribution in [0, 0.1) is 0 Å². The molecule has 0 radical (unpaired) electrons. The predicted octanol–water partition coefficient (Wildman–Crippen LogP) is 2.98. The average Bonchev–Trinajstić information content (AvgIpc) is 2.77. The lowest BCUT2D eigenvalue weighted by Crippen LogP contribution is -2.58. The van der Waals surface area contributed by atoms with Gasteiger partial charge in [0, 0.05) is 12.6 Å². The van der Waals surface area contributed by atoms with Crippen LogP contribution in [-0.4, -0.2) is 63.4 Å². The van der Waals surface area contributed by atoms with Crippen LogP contribution in [-0.2, 0) is 19.6 Å². The van der Waals surface area contributed by atoms with Crippen molar-refractivity contribution in [3.63, 3.8) is 0 Å². The zero-order valence-electron chi connectivity index (χ0n) is 18.7. The molecule has 0 spiro atoms. The summed E-state index contributed by atoms with van der Waals surface area (Å²) in [6, 6.07) is 7.62. The monoisotopic (exact) mass is 462 g/mol. The van der Waals surface area contributed by atoms with E-state index in [1.807, 2.05) is 18.2 Å². The van der Waals surface area contributed by atoms with E-state index in [0.29, 0.717) is 38.5 Å². The number of amides is 1. The maximum absolute atomic E-state index is 13.0. The third-order valence-electron chi connectivity index (χ3n) is 6.77. The van der Waals surface area contributed by atoms with Crippen molar-refractivity contribution < 1.29 is 22.7 Å². The molecular weight excluding hydrogens is 428 g/mol. The van der Waals surface area contributed by atoms with Crippen molar-refractivity contribution in [3.05, 3.63) is 42.0 Å². The van der Waals surface area contributed by atoms with Crippen molar-refractivity contribution in [2.75, 3.05) is 26.0 Å². The lowest BCUT2D eigenvalue weighted by Gasteiger charge is -2.41. The lowest BCUT2D eigenvalue weighted by molar-refractivity contribution is -0.133. The van der Waals surface area contributed by atoms with Gasteiger partial charge in [0.25, 0.3) is 0 Å². The van der Waals surface area contributed by atoms with Gasteiger partial charge in [0.1, 0.15) is 5.75 Å². The molecule has 1 N–H and O–H groups in total. The minimum Gasteiger partial charge on any atom is -0.493 e. The number of rotatable bonds is 2. The molecule has 1 aromatic carbocycles. The van der Waals surface area contributed by atoms with Gasteiger partial charge in [-0.2, -0.15) is 0 Å². The minimum atomic E-state index is -3.38. The molecule has 1 amide bonds. The van der Waals surface area contributed by atoms with Crippen LogP contribution < -0.4 is 9.46 Å². The van der Waals surface area contributed by atoms with Crippen LogP contribution in [0.15, 0.2) is 36.4 Å². The normalized spacial score (nSPS) is 30.8. The Labute approximate surface area is 191 Å². The summed E-state index contributed by atoms with van der Waals surface area (Å²) in [5, 5.41) is 0. The van der Waals surface area contributed by atoms with E-state index in [9.17, 15) is 13.2 Å². The summed E-state index contributed by atoms with van der Waals surface area (Å²) >= 11 is 0. The number of nitrogens with one attached hydrogen (secondary N) is 1. The van der Waals surface area contributed by atoms with E-state index in [2.05, 4.69) is 16.9 Å². The maximum atomic E-state index is 13.0. The highest BCUT2D eigenvalue weighted by atomic mass is 32.2. The first-order valence-corrected chi connectivity index (χ1v) is 13.6. The smallest absolute Gasteiger partial charge is 0.246 e. The summed E-state index contributed by atoms with van der Waals surface area (Å²) in [5.74, 6) is 1.30. The minimum absolute atomic E-state index is 0.102. The van der Waals surface area contributed by atoms with Crippen LogP contribution in [0.5, 0.6) is 5.75 Å². The lowest BCUT2D eigenvalue weighted by atomic mass is 9.82. The molecule has 3 heterocycles. The number of carbonyl (C=O) groups is 1. The van der Waals surface area contributed by atoms with E-state index >= 15 is 0 Å². The van der Waals surface area contributed by atoms with E-state index < -0.39 is 10.0 Å². The predicted molar refractivity (Wildman–Crippen MR) is 123 cm³/mol. The topological polar surface area (TPSA) is 84.9 Å². The molecule has 2 fully saturated rings. The van der Waals surface area contributed by atoms with Crippen LogP contribution in [0.3, 0.4) is 0 Å². The Morgan fingerprint density at radius 3 is 2.66 bits per heavy atom. The number of carbonyl (C=O) groups excluding carboxylic acids is 1. The van der Waals surface area contributed by atoms with Gasteiger partial charge in [-0.3, -0.25) is 4.79 Å². The average molecular weight is 463 g/mol. The Morgan fingerprint density at radius 1 is 1.09 bits per heavy atom. The van der Waals surface area contributed by atoms with E-state index in [1.54, 1.807) is 11.0 Å². The molecule has 32 heavy (non-hydrogen) atoms. The molecule has 7 nitrogen and oxygen atoms in total. The fourth-order valence-corrected chi connectivity index (χ4v) is 6.02. The highest BCUT2D eigenvalue weighted by Gasteiger charge is 2.36. The summed E-state index contributed by atoms with van der Waals surface area (Å²) in [7, 11) is -3.38. The molecule has 8 heteroatoms. The Morgan fingerprint density at radius 2 is 1.88 bits per heavy atom. The van der Waals surface area contributed by atoms with Gasteiger partial charge in [-0.25, -0.2) is 13.1 Å². The van der Waals surface area contributed by atoms with E-state index in [0.717, 1.165) is 37.9 Å². The standard InChI is InChI=1S/C24H34N2O5S/c1-32(28,29)25-21-8-6-15-26-22(21)17-31-19-13-11-18(12-14-19)20-7-2-3-9-23(20)30-16-5-4-10-24(26)27/h2-4,7,9-10,18-19,21-22,25H,5-6,8,11-17H2,1H3/b10-4-/t18?,19?,21?,22-/m0/s1. The number of ether oxygens (including phenoxy) is 2. The fourth-order valence-electron chi connectivity index (χ4n) is 5.19. The van der Waals surface area contributed by atoms with Crippen molar-refractivity contribution >= 4 is 15.9 Å². The number of hydrogen-bond donors (Lipinski definition) is 1. The summed E-state index contributed by atoms with van der Waals surface area (Å²) < 4.78 is 39.0. The second-order valence-electron chi connectivity index (χ2n) is 9.12. The highest BCUT2D eigenvalue weighted by Crippen LogP contribution is 2.38. The molecule has 4 aliphatic rings. The quantitative estimate of drug-likeness (QED) is 0.730. The van der Waals surface area contributed by atoms with Crippen molar-refractivity contribution in [1.29, 1.82) is 0 Å². The number of piperidine rings is 1. The van der Waals surface area contributed by atoms with Crippen LogP contribution in [0.1, 0.15) is 56.4 Å². The maximum Gasteiger partial charge on any atom is 0.246 e.